The molecule has 18 heavy (non-hydrogen) atoms. The van der Waals surface area contributed by atoms with Gasteiger partial charge in [-0.3, -0.25) is 0 Å². The van der Waals surface area contributed by atoms with Gasteiger partial charge in [0.2, 0.25) is 10.0 Å². The zero-order chi connectivity index (χ0) is 13.6. The van der Waals surface area contributed by atoms with E-state index in [-0.39, 0.29) is 23.0 Å². The molecule has 1 heterocycles. The summed E-state index contributed by atoms with van der Waals surface area (Å²) >= 11 is 11.7. The largest absolute Gasteiger partial charge is 0.387 e. The van der Waals surface area contributed by atoms with Gasteiger partial charge in [-0.25, -0.2) is 8.42 Å². The van der Waals surface area contributed by atoms with E-state index in [0.717, 1.165) is 0 Å². The number of nitrogens with zero attached hydrogens (tertiary/aromatic N) is 1. The van der Waals surface area contributed by atoms with Crippen molar-refractivity contribution in [3.8, 4) is 0 Å². The van der Waals surface area contributed by atoms with Crippen LogP contribution in [0.2, 0.25) is 10.0 Å². The number of halogens is 2. The standard InChI is InChI=1S/C11H13Cl2NO3S/c1-2-11(15)6-14(7-11)18(16,17)10-5-8(12)3-4-9(10)13/h3-5,15H,2,6-7H2,1H3. The molecule has 0 aromatic heterocycles. The van der Waals surface area contributed by atoms with Gasteiger partial charge in [-0.1, -0.05) is 30.1 Å². The number of rotatable bonds is 3. The van der Waals surface area contributed by atoms with Gasteiger partial charge in [0.15, 0.2) is 0 Å². The highest BCUT2D eigenvalue weighted by atomic mass is 35.5. The van der Waals surface area contributed by atoms with Crippen LogP contribution in [0.3, 0.4) is 0 Å². The van der Waals surface area contributed by atoms with Crippen LogP contribution in [0.15, 0.2) is 23.1 Å². The zero-order valence-electron chi connectivity index (χ0n) is 9.73. The van der Waals surface area contributed by atoms with E-state index in [1.807, 2.05) is 6.92 Å². The van der Waals surface area contributed by atoms with Crippen LogP contribution >= 0.6 is 23.2 Å². The molecule has 0 aliphatic carbocycles. The van der Waals surface area contributed by atoms with Crippen LogP contribution in [0.25, 0.3) is 0 Å². The second kappa shape index (κ2) is 4.65. The molecule has 0 spiro atoms. The number of benzene rings is 1. The predicted molar refractivity (Wildman–Crippen MR) is 70.5 cm³/mol. The number of hydrogen-bond donors (Lipinski definition) is 1. The Hall–Kier alpha value is -0.330. The van der Waals surface area contributed by atoms with E-state index in [0.29, 0.717) is 11.4 Å². The molecule has 1 aromatic carbocycles. The molecule has 0 bridgehead atoms. The average molecular weight is 310 g/mol. The number of hydrogen-bond acceptors (Lipinski definition) is 3. The summed E-state index contributed by atoms with van der Waals surface area (Å²) in [6, 6.07) is 4.30. The van der Waals surface area contributed by atoms with Gasteiger partial charge in [0.1, 0.15) is 4.90 Å². The zero-order valence-corrected chi connectivity index (χ0v) is 12.1. The van der Waals surface area contributed by atoms with Crippen LogP contribution in [-0.4, -0.2) is 36.5 Å². The minimum Gasteiger partial charge on any atom is -0.387 e. The highest BCUT2D eigenvalue weighted by molar-refractivity contribution is 7.89. The Bertz CT molecular complexity index is 568. The molecule has 0 radical (unpaired) electrons. The molecule has 7 heteroatoms. The van der Waals surface area contributed by atoms with Gasteiger partial charge in [-0.15, -0.1) is 0 Å². The van der Waals surface area contributed by atoms with Crippen molar-refractivity contribution in [3.63, 3.8) is 0 Å². The molecule has 100 valence electrons. The van der Waals surface area contributed by atoms with E-state index in [4.69, 9.17) is 23.2 Å². The lowest BCUT2D eigenvalue weighted by Gasteiger charge is -2.44. The van der Waals surface area contributed by atoms with Crippen LogP contribution in [-0.2, 0) is 10.0 Å². The van der Waals surface area contributed by atoms with Crippen molar-refractivity contribution in [2.24, 2.45) is 0 Å². The summed E-state index contributed by atoms with van der Waals surface area (Å²) in [7, 11) is -3.68. The molecule has 0 unspecified atom stereocenters. The molecule has 1 saturated heterocycles. The molecular formula is C11H13Cl2NO3S. The van der Waals surface area contributed by atoms with E-state index >= 15 is 0 Å². The maximum Gasteiger partial charge on any atom is 0.244 e. The van der Waals surface area contributed by atoms with Crippen molar-refractivity contribution in [2.75, 3.05) is 13.1 Å². The molecule has 1 aliphatic heterocycles. The fourth-order valence-corrected chi connectivity index (χ4v) is 4.15. The van der Waals surface area contributed by atoms with Crippen LogP contribution in [0, 0.1) is 0 Å². The maximum atomic E-state index is 12.3. The molecule has 1 aromatic rings. The molecule has 0 saturated carbocycles. The third-order valence-corrected chi connectivity index (χ3v) is 5.62. The van der Waals surface area contributed by atoms with Crippen molar-refractivity contribution in [2.45, 2.75) is 23.8 Å². The second-order valence-corrected chi connectivity index (χ2v) is 7.18. The molecule has 4 nitrogen and oxygen atoms in total. The summed E-state index contributed by atoms with van der Waals surface area (Å²) in [5.41, 5.74) is -0.919. The Morgan fingerprint density at radius 1 is 1.39 bits per heavy atom. The summed E-state index contributed by atoms with van der Waals surface area (Å²) in [4.78, 5) is -0.0187. The number of β-amino-alcohol motifs (C(OH)–C–C–N with tert-alkyl or cyclic N) is 1. The summed E-state index contributed by atoms with van der Waals surface area (Å²) in [5.74, 6) is 0. The van der Waals surface area contributed by atoms with Gasteiger partial charge in [0.25, 0.3) is 0 Å². The molecule has 2 rings (SSSR count). The van der Waals surface area contributed by atoms with Crippen LogP contribution in [0.5, 0.6) is 0 Å². The quantitative estimate of drug-likeness (QED) is 0.930. The highest BCUT2D eigenvalue weighted by Crippen LogP contribution is 2.33. The third-order valence-electron chi connectivity index (χ3n) is 3.11. The van der Waals surface area contributed by atoms with Crippen LogP contribution in [0.4, 0.5) is 0 Å². The Morgan fingerprint density at radius 2 is 2.00 bits per heavy atom. The fourth-order valence-electron chi connectivity index (χ4n) is 1.82. The molecular weight excluding hydrogens is 297 g/mol. The summed E-state index contributed by atoms with van der Waals surface area (Å²) < 4.78 is 25.7. The average Bonchev–Trinajstić information content (AvgIpc) is 2.28. The lowest BCUT2D eigenvalue weighted by molar-refractivity contribution is -0.0613. The van der Waals surface area contributed by atoms with E-state index in [1.54, 1.807) is 0 Å². The van der Waals surface area contributed by atoms with Gasteiger partial charge in [-0.05, 0) is 24.6 Å². The summed E-state index contributed by atoms with van der Waals surface area (Å²) in [6.45, 7) is 2.00. The highest BCUT2D eigenvalue weighted by Gasteiger charge is 2.46. The summed E-state index contributed by atoms with van der Waals surface area (Å²) in [6.07, 6.45) is 0.516. The third kappa shape index (κ3) is 2.38. The number of aliphatic hydroxyl groups is 1. The number of sulfonamides is 1. The first-order chi connectivity index (χ1) is 8.28. The summed E-state index contributed by atoms with van der Waals surface area (Å²) in [5, 5.41) is 10.3. The topological polar surface area (TPSA) is 57.6 Å². The van der Waals surface area contributed by atoms with Crippen molar-refractivity contribution >= 4 is 33.2 Å². The van der Waals surface area contributed by atoms with E-state index < -0.39 is 15.6 Å². The smallest absolute Gasteiger partial charge is 0.244 e. The van der Waals surface area contributed by atoms with Crippen molar-refractivity contribution in [1.82, 2.24) is 4.31 Å². The van der Waals surface area contributed by atoms with Gasteiger partial charge in [0.05, 0.1) is 10.6 Å². The van der Waals surface area contributed by atoms with Gasteiger partial charge in [0, 0.05) is 18.1 Å². The molecule has 0 atom stereocenters. The first-order valence-corrected chi connectivity index (χ1v) is 7.66. The normalized spacial score (nSPS) is 19.6. The Morgan fingerprint density at radius 3 is 2.56 bits per heavy atom. The Kier molecular flexibility index (Phi) is 3.64. The Labute approximate surface area is 116 Å². The Balaban J connectivity index is 2.31. The lowest BCUT2D eigenvalue weighted by atomic mass is 9.94. The second-order valence-electron chi connectivity index (χ2n) is 4.43. The van der Waals surface area contributed by atoms with Crippen molar-refractivity contribution < 1.29 is 13.5 Å². The van der Waals surface area contributed by atoms with Gasteiger partial charge >= 0.3 is 0 Å². The molecule has 1 N–H and O–H groups in total. The van der Waals surface area contributed by atoms with E-state index in [9.17, 15) is 13.5 Å². The van der Waals surface area contributed by atoms with E-state index in [1.165, 1.54) is 22.5 Å². The minimum atomic E-state index is -3.68. The van der Waals surface area contributed by atoms with Crippen molar-refractivity contribution in [3.05, 3.63) is 28.2 Å². The predicted octanol–water partition coefficient (Wildman–Crippen LogP) is 2.14. The molecule has 1 fully saturated rings. The first-order valence-electron chi connectivity index (χ1n) is 5.46. The van der Waals surface area contributed by atoms with Crippen LogP contribution < -0.4 is 0 Å². The van der Waals surface area contributed by atoms with Gasteiger partial charge < -0.3 is 5.11 Å². The molecule has 0 amide bonds. The maximum absolute atomic E-state index is 12.3. The SMILES string of the molecule is CCC1(O)CN(S(=O)(=O)c2cc(Cl)ccc2Cl)C1. The van der Waals surface area contributed by atoms with Crippen molar-refractivity contribution in [1.29, 1.82) is 0 Å². The molecule has 1 aliphatic rings. The fraction of sp³-hybridized carbons (Fsp3) is 0.455. The lowest BCUT2D eigenvalue weighted by Crippen LogP contribution is -2.62. The monoisotopic (exact) mass is 309 g/mol. The minimum absolute atomic E-state index is 0.0187. The van der Waals surface area contributed by atoms with Crippen LogP contribution in [0.1, 0.15) is 13.3 Å². The first kappa shape index (κ1) is 14.1. The van der Waals surface area contributed by atoms with Gasteiger partial charge in [-0.2, -0.15) is 4.31 Å². The van der Waals surface area contributed by atoms with E-state index in [2.05, 4.69) is 0 Å².